The molecule has 4 heterocycles. The van der Waals surface area contributed by atoms with E-state index in [0.29, 0.717) is 0 Å². The van der Waals surface area contributed by atoms with Crippen LogP contribution >= 0.6 is 0 Å². The van der Waals surface area contributed by atoms with Crippen molar-refractivity contribution in [2.24, 2.45) is 0 Å². The van der Waals surface area contributed by atoms with Crippen LogP contribution in [0.4, 0.5) is 0 Å². The standard InChI is InChI=1S/2C9H14N4.2Au/c2*1-10-3-5-12(7-10)9-13-6-4-11(2)8-13;;/h2*3-8H,9H2,1-2H3;;/q2*-2;;. The zero-order chi connectivity index (χ0) is 18.5. The summed E-state index contributed by atoms with van der Waals surface area (Å²) in [4.78, 5) is 16.6. The van der Waals surface area contributed by atoms with E-state index in [2.05, 4.69) is 71.1 Å². The fraction of sp³-hybridized carbons (Fsp3) is 0.333. The SMILES string of the molecule is CN1C=CN(CN2C=CN(C)[CH-]2)[CH-]1.CN1C=CN(CN2C=CN(C)[CH-]2)[CH-]1.[Au].[Au]. The molecular weight excluding hydrogens is 722 g/mol. The Morgan fingerprint density at radius 3 is 0.786 bits per heavy atom. The van der Waals surface area contributed by atoms with Gasteiger partial charge in [0.2, 0.25) is 0 Å². The van der Waals surface area contributed by atoms with E-state index < -0.39 is 0 Å². The van der Waals surface area contributed by atoms with Crippen LogP contribution in [0.3, 0.4) is 0 Å². The van der Waals surface area contributed by atoms with Crippen molar-refractivity contribution >= 4 is 0 Å². The predicted molar refractivity (Wildman–Crippen MR) is 102 cm³/mol. The van der Waals surface area contributed by atoms with E-state index in [0.717, 1.165) is 13.3 Å². The number of hydrogen-bond donors (Lipinski definition) is 0. The summed E-state index contributed by atoms with van der Waals surface area (Å²) in [6, 6.07) is 0. The Hall–Kier alpha value is -1.16. The van der Waals surface area contributed by atoms with E-state index in [1.54, 1.807) is 0 Å². The van der Waals surface area contributed by atoms with Crippen molar-refractivity contribution in [1.82, 2.24) is 39.2 Å². The minimum atomic E-state index is 0. The first kappa shape index (κ1) is 24.9. The average Bonchev–Trinajstić information content (AvgIpc) is 3.35. The topological polar surface area (TPSA) is 25.9 Å². The monoisotopic (exact) mass is 750 g/mol. The molecule has 166 valence electrons. The molecule has 4 rings (SSSR count). The maximum Gasteiger partial charge on any atom is 0.0364 e. The van der Waals surface area contributed by atoms with Gasteiger partial charge in [-0.05, 0) is 77.8 Å². The second-order valence-corrected chi connectivity index (χ2v) is 6.66. The number of hydrogen-bond acceptors (Lipinski definition) is 8. The molecule has 0 atom stereocenters. The summed E-state index contributed by atoms with van der Waals surface area (Å²) in [6.45, 7) is 9.95. The van der Waals surface area contributed by atoms with Gasteiger partial charge in [0.1, 0.15) is 0 Å². The van der Waals surface area contributed by atoms with Crippen LogP contribution in [-0.4, -0.2) is 80.7 Å². The van der Waals surface area contributed by atoms with Gasteiger partial charge in [-0.3, -0.25) is 0 Å². The molecule has 0 aromatic rings. The van der Waals surface area contributed by atoms with Gasteiger partial charge in [-0.1, -0.05) is 0 Å². The Morgan fingerprint density at radius 2 is 0.643 bits per heavy atom. The van der Waals surface area contributed by atoms with Gasteiger partial charge >= 0.3 is 0 Å². The molecule has 28 heavy (non-hydrogen) atoms. The number of rotatable bonds is 4. The second-order valence-electron chi connectivity index (χ2n) is 6.66. The molecule has 0 fully saturated rings. The van der Waals surface area contributed by atoms with Crippen LogP contribution < -0.4 is 0 Å². The van der Waals surface area contributed by atoms with Gasteiger partial charge in [-0.25, -0.2) is 0 Å². The van der Waals surface area contributed by atoms with Gasteiger partial charge in [0.25, 0.3) is 0 Å². The van der Waals surface area contributed by atoms with Crippen molar-refractivity contribution in [2.75, 3.05) is 41.5 Å². The van der Waals surface area contributed by atoms with Crippen LogP contribution in [0.1, 0.15) is 0 Å². The largest absolute Gasteiger partial charge is 0.511 e. The van der Waals surface area contributed by atoms with E-state index in [1.165, 1.54) is 0 Å². The second kappa shape index (κ2) is 11.7. The van der Waals surface area contributed by atoms with Crippen LogP contribution in [0.2, 0.25) is 0 Å². The van der Waals surface area contributed by atoms with E-state index in [1.807, 2.05) is 72.6 Å². The fourth-order valence-corrected chi connectivity index (χ4v) is 2.72. The van der Waals surface area contributed by atoms with Gasteiger partial charge in [0.05, 0.1) is 0 Å². The molecule has 0 aromatic carbocycles. The Balaban J connectivity index is 0.000000261. The maximum atomic E-state index is 2.12. The smallest absolute Gasteiger partial charge is 0.0364 e. The zero-order valence-electron chi connectivity index (χ0n) is 16.5. The van der Waals surface area contributed by atoms with Crippen molar-refractivity contribution in [2.45, 2.75) is 0 Å². The zero-order valence-corrected chi connectivity index (χ0v) is 20.9. The summed E-state index contributed by atoms with van der Waals surface area (Å²) in [5.41, 5.74) is 0. The Labute approximate surface area is 201 Å². The number of nitrogens with zero attached hydrogens (tertiary/aromatic N) is 8. The molecule has 0 N–H and O–H groups in total. The van der Waals surface area contributed by atoms with E-state index in [-0.39, 0.29) is 44.8 Å². The van der Waals surface area contributed by atoms with Crippen LogP contribution in [0.5, 0.6) is 0 Å². The Bertz CT molecular complexity index is 484. The molecule has 0 aromatic heterocycles. The first-order valence-corrected chi connectivity index (χ1v) is 8.52. The average molecular weight is 750 g/mol. The molecule has 10 heteroatoms. The summed E-state index contributed by atoms with van der Waals surface area (Å²) in [7, 11) is 8.08. The third-order valence-corrected chi connectivity index (χ3v) is 3.95. The molecular formula is C18H28Au2N8-4. The summed E-state index contributed by atoms with van der Waals surface area (Å²) < 4.78 is 0. The summed E-state index contributed by atoms with van der Waals surface area (Å²) in [5, 5.41) is 0. The summed E-state index contributed by atoms with van der Waals surface area (Å²) >= 11 is 0. The van der Waals surface area contributed by atoms with Crippen LogP contribution in [0.25, 0.3) is 0 Å². The van der Waals surface area contributed by atoms with E-state index in [4.69, 9.17) is 0 Å². The molecule has 0 saturated heterocycles. The summed E-state index contributed by atoms with van der Waals surface area (Å²) in [5.74, 6) is 0. The normalized spacial score (nSPS) is 19.6. The molecule has 2 radical (unpaired) electrons. The Kier molecular flexibility index (Phi) is 10.4. The molecule has 8 nitrogen and oxygen atoms in total. The van der Waals surface area contributed by atoms with Crippen LogP contribution in [-0.2, 0) is 44.8 Å². The molecule has 0 saturated carbocycles. The molecule has 0 bridgehead atoms. The quantitative estimate of drug-likeness (QED) is 0.314. The van der Waals surface area contributed by atoms with Gasteiger partial charge < -0.3 is 39.2 Å². The van der Waals surface area contributed by atoms with Crippen molar-refractivity contribution in [3.8, 4) is 0 Å². The molecule has 4 aliphatic rings. The van der Waals surface area contributed by atoms with Crippen molar-refractivity contribution in [3.05, 3.63) is 76.3 Å². The van der Waals surface area contributed by atoms with Crippen LogP contribution in [0.15, 0.2) is 49.6 Å². The molecule has 0 spiro atoms. The van der Waals surface area contributed by atoms with Gasteiger partial charge in [0, 0.05) is 58.1 Å². The molecule has 0 amide bonds. The first-order valence-electron chi connectivity index (χ1n) is 8.52. The third-order valence-electron chi connectivity index (χ3n) is 3.95. The maximum absolute atomic E-state index is 2.12. The van der Waals surface area contributed by atoms with Gasteiger partial charge in [-0.15, -0.1) is 0 Å². The van der Waals surface area contributed by atoms with Gasteiger partial charge in [-0.2, -0.15) is 26.7 Å². The summed E-state index contributed by atoms with van der Waals surface area (Å²) in [6.07, 6.45) is 16.3. The van der Waals surface area contributed by atoms with Crippen molar-refractivity contribution in [1.29, 1.82) is 0 Å². The Morgan fingerprint density at radius 1 is 0.429 bits per heavy atom. The van der Waals surface area contributed by atoms with Crippen molar-refractivity contribution in [3.63, 3.8) is 0 Å². The molecule has 0 unspecified atom stereocenters. The first-order chi connectivity index (χ1) is 12.5. The van der Waals surface area contributed by atoms with E-state index in [9.17, 15) is 0 Å². The predicted octanol–water partition coefficient (Wildman–Crippen LogP) is 1.23. The van der Waals surface area contributed by atoms with E-state index >= 15 is 0 Å². The third kappa shape index (κ3) is 7.69. The fourth-order valence-electron chi connectivity index (χ4n) is 2.72. The molecule has 4 aliphatic heterocycles. The minimum absolute atomic E-state index is 0. The van der Waals surface area contributed by atoms with Crippen LogP contribution in [0, 0.1) is 26.7 Å². The van der Waals surface area contributed by atoms with Crippen molar-refractivity contribution < 1.29 is 44.8 Å². The van der Waals surface area contributed by atoms with Gasteiger partial charge in [0.15, 0.2) is 0 Å². The minimum Gasteiger partial charge on any atom is -0.511 e. The molecule has 0 aliphatic carbocycles.